The lowest BCUT2D eigenvalue weighted by Crippen LogP contribution is -2.50. The minimum atomic E-state index is -0.970. The number of urea groups is 1. The number of hydrogen-bond acceptors (Lipinski definition) is 2. The van der Waals surface area contributed by atoms with E-state index in [1.165, 1.54) is 0 Å². The first-order valence-corrected chi connectivity index (χ1v) is 6.74. The lowest BCUT2D eigenvalue weighted by Gasteiger charge is -2.34. The van der Waals surface area contributed by atoms with E-state index in [2.05, 4.69) is 19.2 Å². The normalized spacial score (nSPS) is 18.8. The van der Waals surface area contributed by atoms with E-state index in [4.69, 9.17) is 5.11 Å². The molecule has 0 aromatic carbocycles. The van der Waals surface area contributed by atoms with Crippen LogP contribution in [0.2, 0.25) is 0 Å². The van der Waals surface area contributed by atoms with Crippen LogP contribution >= 0.6 is 0 Å². The van der Waals surface area contributed by atoms with E-state index in [1.807, 2.05) is 0 Å². The number of aliphatic carboxylic acids is 1. The first-order valence-electron chi connectivity index (χ1n) is 6.74. The second-order valence-electron chi connectivity index (χ2n) is 5.32. The van der Waals surface area contributed by atoms with Crippen molar-refractivity contribution in [2.75, 3.05) is 13.1 Å². The standard InChI is InChI=1S/C13H24N2O3/c1-4-11(12(16)17)14-13(18)15-7-5-10(6-8-15)9(2)3/h9-11H,4-8H2,1-3H3,(H,14,18)(H,16,17). The average Bonchev–Trinajstić information content (AvgIpc) is 2.35. The van der Waals surface area contributed by atoms with Crippen LogP contribution in [-0.2, 0) is 4.79 Å². The third-order valence-electron chi connectivity index (χ3n) is 3.77. The van der Waals surface area contributed by atoms with Gasteiger partial charge in [-0.05, 0) is 31.1 Å². The number of carbonyl (C=O) groups excluding carboxylic acids is 1. The second kappa shape index (κ2) is 6.61. The summed E-state index contributed by atoms with van der Waals surface area (Å²) in [6.07, 6.45) is 2.42. The third-order valence-corrected chi connectivity index (χ3v) is 3.77. The highest BCUT2D eigenvalue weighted by Gasteiger charge is 2.26. The van der Waals surface area contributed by atoms with Gasteiger partial charge >= 0.3 is 12.0 Å². The van der Waals surface area contributed by atoms with E-state index >= 15 is 0 Å². The van der Waals surface area contributed by atoms with Gasteiger partial charge in [0.25, 0.3) is 0 Å². The van der Waals surface area contributed by atoms with Crippen molar-refractivity contribution in [1.29, 1.82) is 0 Å². The average molecular weight is 256 g/mol. The van der Waals surface area contributed by atoms with Gasteiger partial charge in [-0.15, -0.1) is 0 Å². The molecule has 0 saturated carbocycles. The number of carbonyl (C=O) groups is 2. The summed E-state index contributed by atoms with van der Waals surface area (Å²) in [6, 6.07) is -1.02. The fraction of sp³-hybridized carbons (Fsp3) is 0.846. The number of rotatable bonds is 4. The number of amides is 2. The minimum Gasteiger partial charge on any atom is -0.480 e. The topological polar surface area (TPSA) is 69.6 Å². The maximum atomic E-state index is 11.9. The van der Waals surface area contributed by atoms with Crippen LogP contribution in [0.5, 0.6) is 0 Å². The highest BCUT2D eigenvalue weighted by molar-refractivity contribution is 5.82. The second-order valence-corrected chi connectivity index (χ2v) is 5.32. The monoisotopic (exact) mass is 256 g/mol. The number of carboxylic acid groups (broad SMARTS) is 1. The van der Waals surface area contributed by atoms with Crippen molar-refractivity contribution >= 4 is 12.0 Å². The van der Waals surface area contributed by atoms with Crippen LogP contribution in [0.3, 0.4) is 0 Å². The number of nitrogens with zero attached hydrogens (tertiary/aromatic N) is 1. The quantitative estimate of drug-likeness (QED) is 0.807. The summed E-state index contributed by atoms with van der Waals surface area (Å²) >= 11 is 0. The van der Waals surface area contributed by atoms with Crippen LogP contribution in [-0.4, -0.2) is 41.1 Å². The van der Waals surface area contributed by atoms with Gasteiger partial charge in [-0.25, -0.2) is 9.59 Å². The molecule has 0 aromatic rings. The fourth-order valence-corrected chi connectivity index (χ4v) is 2.35. The third kappa shape index (κ3) is 3.89. The minimum absolute atomic E-state index is 0.244. The Bertz CT molecular complexity index is 297. The number of hydrogen-bond donors (Lipinski definition) is 2. The zero-order valence-corrected chi connectivity index (χ0v) is 11.5. The van der Waals surface area contributed by atoms with Crippen molar-refractivity contribution in [2.24, 2.45) is 11.8 Å². The number of nitrogens with one attached hydrogen (secondary N) is 1. The molecular weight excluding hydrogens is 232 g/mol. The van der Waals surface area contributed by atoms with Crippen LogP contribution in [0.15, 0.2) is 0 Å². The van der Waals surface area contributed by atoms with Gasteiger partial charge in [0.1, 0.15) is 6.04 Å². The van der Waals surface area contributed by atoms with Gasteiger partial charge in [-0.1, -0.05) is 20.8 Å². The molecule has 2 N–H and O–H groups in total. The van der Waals surface area contributed by atoms with Crippen LogP contribution < -0.4 is 5.32 Å². The first-order chi connectivity index (χ1) is 8.45. The van der Waals surface area contributed by atoms with Crippen molar-refractivity contribution in [2.45, 2.75) is 46.1 Å². The molecule has 18 heavy (non-hydrogen) atoms. The molecule has 0 aromatic heterocycles. The zero-order chi connectivity index (χ0) is 13.7. The van der Waals surface area contributed by atoms with Gasteiger partial charge in [0.05, 0.1) is 0 Å². The lowest BCUT2D eigenvalue weighted by molar-refractivity contribution is -0.139. The van der Waals surface area contributed by atoms with Gasteiger partial charge in [-0.3, -0.25) is 0 Å². The Kier molecular flexibility index (Phi) is 5.44. The largest absolute Gasteiger partial charge is 0.480 e. The molecule has 5 nitrogen and oxygen atoms in total. The van der Waals surface area contributed by atoms with Gasteiger partial charge in [-0.2, -0.15) is 0 Å². The highest BCUT2D eigenvalue weighted by Crippen LogP contribution is 2.24. The van der Waals surface area contributed by atoms with E-state index in [9.17, 15) is 9.59 Å². The summed E-state index contributed by atoms with van der Waals surface area (Å²) in [7, 11) is 0. The van der Waals surface area contributed by atoms with E-state index in [1.54, 1.807) is 11.8 Å². The van der Waals surface area contributed by atoms with Crippen LogP contribution in [0.25, 0.3) is 0 Å². The molecule has 1 aliphatic heterocycles. The molecule has 0 bridgehead atoms. The van der Waals surface area contributed by atoms with E-state index in [-0.39, 0.29) is 6.03 Å². The van der Waals surface area contributed by atoms with Gasteiger partial charge < -0.3 is 15.3 Å². The van der Waals surface area contributed by atoms with Crippen molar-refractivity contribution in [3.8, 4) is 0 Å². The van der Waals surface area contributed by atoms with Crippen molar-refractivity contribution in [1.82, 2.24) is 10.2 Å². The molecule has 0 spiro atoms. The molecule has 2 amide bonds. The molecule has 0 aliphatic carbocycles. The Morgan fingerprint density at radius 3 is 2.28 bits per heavy atom. The van der Waals surface area contributed by atoms with E-state index < -0.39 is 12.0 Å². The Labute approximate surface area is 109 Å². The summed E-state index contributed by atoms with van der Waals surface area (Å²) in [6.45, 7) is 7.62. The molecule has 1 unspecified atom stereocenters. The summed E-state index contributed by atoms with van der Waals surface area (Å²) in [5, 5.41) is 11.5. The summed E-state index contributed by atoms with van der Waals surface area (Å²) in [4.78, 5) is 24.5. The molecule has 1 saturated heterocycles. The highest BCUT2D eigenvalue weighted by atomic mass is 16.4. The van der Waals surface area contributed by atoms with Crippen molar-refractivity contribution in [3.63, 3.8) is 0 Å². The zero-order valence-electron chi connectivity index (χ0n) is 11.5. The molecular formula is C13H24N2O3. The molecule has 1 aliphatic rings. The number of carboxylic acids is 1. The van der Waals surface area contributed by atoms with Gasteiger partial charge in [0.15, 0.2) is 0 Å². The lowest BCUT2D eigenvalue weighted by atomic mass is 9.87. The van der Waals surface area contributed by atoms with E-state index in [0.717, 1.165) is 25.9 Å². The Balaban J connectivity index is 2.42. The van der Waals surface area contributed by atoms with Crippen LogP contribution in [0.4, 0.5) is 4.79 Å². The fourth-order valence-electron chi connectivity index (χ4n) is 2.35. The molecule has 0 radical (unpaired) electrons. The molecule has 1 rings (SSSR count). The first kappa shape index (κ1) is 14.8. The maximum absolute atomic E-state index is 11.9. The molecule has 5 heteroatoms. The van der Waals surface area contributed by atoms with Crippen molar-refractivity contribution in [3.05, 3.63) is 0 Å². The van der Waals surface area contributed by atoms with Gasteiger partial charge in [0, 0.05) is 13.1 Å². The van der Waals surface area contributed by atoms with Gasteiger partial charge in [0.2, 0.25) is 0 Å². The predicted octanol–water partition coefficient (Wildman–Crippen LogP) is 1.93. The molecule has 104 valence electrons. The number of likely N-dealkylation sites (tertiary alicyclic amines) is 1. The maximum Gasteiger partial charge on any atom is 0.326 e. The Hall–Kier alpha value is -1.26. The summed E-state index contributed by atoms with van der Waals surface area (Å²) < 4.78 is 0. The Morgan fingerprint density at radius 1 is 1.33 bits per heavy atom. The molecule has 1 fully saturated rings. The smallest absolute Gasteiger partial charge is 0.326 e. The molecule has 1 atom stereocenters. The summed E-state index contributed by atoms with van der Waals surface area (Å²) in [5.74, 6) is 0.357. The Morgan fingerprint density at radius 2 is 1.89 bits per heavy atom. The van der Waals surface area contributed by atoms with Crippen molar-refractivity contribution < 1.29 is 14.7 Å². The van der Waals surface area contributed by atoms with E-state index in [0.29, 0.717) is 18.3 Å². The predicted molar refractivity (Wildman–Crippen MR) is 69.4 cm³/mol. The number of piperidine rings is 1. The summed E-state index contributed by atoms with van der Waals surface area (Å²) in [5.41, 5.74) is 0. The molecule has 1 heterocycles. The van der Waals surface area contributed by atoms with Crippen LogP contribution in [0, 0.1) is 11.8 Å². The van der Waals surface area contributed by atoms with Crippen LogP contribution in [0.1, 0.15) is 40.0 Å². The SMILES string of the molecule is CCC(NC(=O)N1CCC(C(C)C)CC1)C(=O)O.